The molecule has 28 heavy (non-hydrogen) atoms. The highest BCUT2D eigenvalue weighted by Gasteiger charge is 2.26. The van der Waals surface area contributed by atoms with Crippen LogP contribution in [0.1, 0.15) is 21.6 Å². The fourth-order valence-electron chi connectivity index (χ4n) is 3.25. The van der Waals surface area contributed by atoms with E-state index in [1.807, 2.05) is 0 Å². The maximum absolute atomic E-state index is 13.3. The topological polar surface area (TPSA) is 80.6 Å². The lowest BCUT2D eigenvalue weighted by molar-refractivity contribution is -0.136. The van der Waals surface area contributed by atoms with Crippen LogP contribution in [0.15, 0.2) is 40.9 Å². The molecule has 0 atom stereocenters. The first kappa shape index (κ1) is 20.4. The van der Waals surface area contributed by atoms with Gasteiger partial charge >= 0.3 is 5.97 Å². The Morgan fingerprint density at radius 2 is 1.89 bits per heavy atom. The Bertz CT molecular complexity index is 1060. The molecule has 0 saturated heterocycles. The fourth-order valence-corrected chi connectivity index (χ4v) is 4.11. The Kier molecular flexibility index (Phi) is 6.07. The highest BCUT2D eigenvalue weighted by molar-refractivity contribution is 9.10. The molecule has 0 radical (unpaired) electrons. The molecule has 1 heterocycles. The minimum Gasteiger partial charge on any atom is -0.496 e. The van der Waals surface area contributed by atoms with Gasteiger partial charge in [0.2, 0.25) is 0 Å². The van der Waals surface area contributed by atoms with E-state index in [-0.39, 0.29) is 12.3 Å². The number of carboxylic acid groups (broad SMARTS) is 1. The van der Waals surface area contributed by atoms with Crippen molar-refractivity contribution < 1.29 is 19.4 Å². The van der Waals surface area contributed by atoms with Crippen LogP contribution in [0.25, 0.3) is 10.9 Å². The Morgan fingerprint density at radius 1 is 1.21 bits per heavy atom. The van der Waals surface area contributed by atoms with Crippen molar-refractivity contribution in [2.24, 2.45) is 0 Å². The van der Waals surface area contributed by atoms with Crippen molar-refractivity contribution in [2.45, 2.75) is 13.0 Å². The zero-order valence-electron chi connectivity index (χ0n) is 15.3. The molecule has 0 saturated carbocycles. The molecular formula is C20H18BrClN2O4. The molecular weight excluding hydrogens is 448 g/mol. The summed E-state index contributed by atoms with van der Waals surface area (Å²) in [6.45, 7) is 0.325. The summed E-state index contributed by atoms with van der Waals surface area (Å²) in [7, 11) is 3.28. The first-order chi connectivity index (χ1) is 13.4. The molecule has 8 heteroatoms. The zero-order valence-corrected chi connectivity index (χ0v) is 17.6. The first-order valence-corrected chi connectivity index (χ1v) is 9.61. The summed E-state index contributed by atoms with van der Waals surface area (Å²) < 4.78 is 7.53. The molecule has 0 aliphatic carbocycles. The van der Waals surface area contributed by atoms with Crippen LogP contribution >= 0.6 is 27.5 Å². The van der Waals surface area contributed by atoms with Crippen molar-refractivity contribution in [2.75, 3.05) is 14.2 Å². The number of halogens is 2. The predicted molar refractivity (Wildman–Crippen MR) is 111 cm³/mol. The van der Waals surface area contributed by atoms with E-state index < -0.39 is 5.97 Å². The van der Waals surface area contributed by atoms with Crippen LogP contribution in [0.3, 0.4) is 0 Å². The van der Waals surface area contributed by atoms with Gasteiger partial charge in [-0.05, 0) is 64.9 Å². The SMILES string of the molecule is CNCc1c(CC(=O)O)c2c(Br)c(OC)ccc2n1C(=O)c1ccc(Cl)cc1. The number of nitrogens with one attached hydrogen (secondary N) is 1. The lowest BCUT2D eigenvalue weighted by atomic mass is 10.1. The van der Waals surface area contributed by atoms with Gasteiger partial charge in [0, 0.05) is 28.2 Å². The number of aliphatic carboxylic acids is 1. The minimum absolute atomic E-state index is 0.222. The number of carboxylic acids is 1. The van der Waals surface area contributed by atoms with E-state index in [1.54, 1.807) is 48.0 Å². The van der Waals surface area contributed by atoms with Gasteiger partial charge in [-0.25, -0.2) is 0 Å². The number of carbonyl (C=O) groups excluding carboxylic acids is 1. The van der Waals surface area contributed by atoms with Crippen molar-refractivity contribution in [3.8, 4) is 5.75 Å². The number of aromatic nitrogens is 1. The zero-order chi connectivity index (χ0) is 20.4. The second-order valence-corrected chi connectivity index (χ2v) is 7.38. The van der Waals surface area contributed by atoms with Crippen LogP contribution in [0.5, 0.6) is 5.75 Å². The number of benzene rings is 2. The molecule has 0 aliphatic rings. The molecule has 0 aliphatic heterocycles. The standard InChI is InChI=1S/C20H18BrClN2O4/c1-23-10-15-13(9-17(25)26)18-14(7-8-16(28-2)19(18)21)24(15)20(27)11-3-5-12(22)6-4-11/h3-8,23H,9-10H2,1-2H3,(H,25,26). The molecule has 0 amide bonds. The van der Waals surface area contributed by atoms with E-state index in [0.717, 1.165) is 0 Å². The van der Waals surface area contributed by atoms with E-state index in [0.29, 0.717) is 49.5 Å². The summed E-state index contributed by atoms with van der Waals surface area (Å²) in [5, 5.41) is 13.7. The molecule has 0 bridgehead atoms. The van der Waals surface area contributed by atoms with Gasteiger partial charge in [-0.2, -0.15) is 0 Å². The summed E-state index contributed by atoms with van der Waals surface area (Å²) in [6, 6.07) is 10.1. The fraction of sp³-hybridized carbons (Fsp3) is 0.200. The van der Waals surface area contributed by atoms with Gasteiger partial charge in [0.15, 0.2) is 0 Å². The number of rotatable bonds is 6. The van der Waals surface area contributed by atoms with Crippen molar-refractivity contribution in [3.63, 3.8) is 0 Å². The second-order valence-electron chi connectivity index (χ2n) is 6.15. The van der Waals surface area contributed by atoms with Gasteiger partial charge in [0.1, 0.15) is 5.75 Å². The van der Waals surface area contributed by atoms with Gasteiger partial charge in [0.05, 0.1) is 23.5 Å². The average Bonchev–Trinajstić information content (AvgIpc) is 2.96. The lowest BCUT2D eigenvalue weighted by Crippen LogP contribution is -2.20. The van der Waals surface area contributed by atoms with Gasteiger partial charge in [0.25, 0.3) is 5.91 Å². The number of hydrogen-bond acceptors (Lipinski definition) is 4. The summed E-state index contributed by atoms with van der Waals surface area (Å²) in [5.41, 5.74) is 2.21. The van der Waals surface area contributed by atoms with E-state index in [2.05, 4.69) is 21.2 Å². The molecule has 1 aromatic heterocycles. The van der Waals surface area contributed by atoms with Gasteiger partial charge in [-0.1, -0.05) is 11.6 Å². The monoisotopic (exact) mass is 464 g/mol. The number of carbonyl (C=O) groups is 2. The van der Waals surface area contributed by atoms with Gasteiger partial charge in [-0.15, -0.1) is 0 Å². The predicted octanol–water partition coefficient (Wildman–Crippen LogP) is 4.10. The number of nitrogens with zero attached hydrogens (tertiary/aromatic N) is 1. The Balaban J connectivity index is 2.35. The van der Waals surface area contributed by atoms with Crippen molar-refractivity contribution in [1.82, 2.24) is 9.88 Å². The van der Waals surface area contributed by atoms with Crippen molar-refractivity contribution in [3.05, 3.63) is 62.7 Å². The van der Waals surface area contributed by atoms with E-state index in [9.17, 15) is 14.7 Å². The van der Waals surface area contributed by atoms with Crippen LogP contribution in [0, 0.1) is 0 Å². The molecule has 2 N–H and O–H groups in total. The normalized spacial score (nSPS) is 11.0. The highest BCUT2D eigenvalue weighted by Crippen LogP contribution is 2.39. The molecule has 3 aromatic rings. The summed E-state index contributed by atoms with van der Waals surface area (Å²) in [5.74, 6) is -0.683. The molecule has 2 aromatic carbocycles. The van der Waals surface area contributed by atoms with Crippen LogP contribution < -0.4 is 10.1 Å². The van der Waals surface area contributed by atoms with Crippen LogP contribution in [-0.2, 0) is 17.8 Å². The minimum atomic E-state index is -0.981. The molecule has 0 spiro atoms. The molecule has 3 rings (SSSR count). The molecule has 0 fully saturated rings. The molecule has 6 nitrogen and oxygen atoms in total. The molecule has 0 unspecified atom stereocenters. The quantitative estimate of drug-likeness (QED) is 0.573. The van der Waals surface area contributed by atoms with Gasteiger partial charge in [-0.3, -0.25) is 14.2 Å². The average molecular weight is 466 g/mol. The van der Waals surface area contributed by atoms with Crippen molar-refractivity contribution >= 4 is 50.3 Å². The Morgan fingerprint density at radius 3 is 2.46 bits per heavy atom. The maximum Gasteiger partial charge on any atom is 0.307 e. The van der Waals surface area contributed by atoms with E-state index >= 15 is 0 Å². The molecule has 146 valence electrons. The van der Waals surface area contributed by atoms with Crippen LogP contribution in [0.2, 0.25) is 5.02 Å². The van der Waals surface area contributed by atoms with Crippen LogP contribution in [-0.4, -0.2) is 35.7 Å². The largest absolute Gasteiger partial charge is 0.496 e. The van der Waals surface area contributed by atoms with Gasteiger partial charge < -0.3 is 15.2 Å². The smallest absolute Gasteiger partial charge is 0.307 e. The van der Waals surface area contributed by atoms with Crippen LogP contribution in [0.4, 0.5) is 0 Å². The first-order valence-electron chi connectivity index (χ1n) is 8.44. The summed E-state index contributed by atoms with van der Waals surface area (Å²) in [6.07, 6.45) is -0.222. The van der Waals surface area contributed by atoms with Crippen molar-refractivity contribution in [1.29, 1.82) is 0 Å². The third kappa shape index (κ3) is 3.65. The second kappa shape index (κ2) is 8.34. The number of methoxy groups -OCH3 is 1. The number of fused-ring (bicyclic) bond motifs is 1. The number of ether oxygens (including phenoxy) is 1. The highest BCUT2D eigenvalue weighted by atomic mass is 79.9. The summed E-state index contributed by atoms with van der Waals surface area (Å²) >= 11 is 9.46. The third-order valence-corrected chi connectivity index (χ3v) is 5.47. The van der Waals surface area contributed by atoms with E-state index in [1.165, 1.54) is 7.11 Å². The summed E-state index contributed by atoms with van der Waals surface area (Å²) in [4.78, 5) is 24.9. The Hall–Kier alpha value is -2.35. The Labute approximate surface area is 175 Å². The lowest BCUT2D eigenvalue weighted by Gasteiger charge is -2.11. The maximum atomic E-state index is 13.3. The van der Waals surface area contributed by atoms with E-state index in [4.69, 9.17) is 16.3 Å². The number of hydrogen-bond donors (Lipinski definition) is 2. The third-order valence-electron chi connectivity index (χ3n) is 4.43.